The SMILES string of the molecule is CCNCc1cc(F)cc(N2CCCC(N(C)C)C2)c1. The van der Waals surface area contributed by atoms with E-state index < -0.39 is 0 Å². The minimum absolute atomic E-state index is 0.137. The Kier molecular flexibility index (Phi) is 5.38. The van der Waals surface area contributed by atoms with E-state index in [2.05, 4.69) is 42.2 Å². The zero-order valence-electron chi connectivity index (χ0n) is 12.8. The number of anilines is 1. The molecule has 1 atom stereocenters. The summed E-state index contributed by atoms with van der Waals surface area (Å²) >= 11 is 0. The molecule has 0 bridgehead atoms. The molecule has 3 nitrogen and oxygen atoms in total. The summed E-state index contributed by atoms with van der Waals surface area (Å²) in [7, 11) is 4.24. The molecule has 1 unspecified atom stereocenters. The molecule has 0 amide bonds. The van der Waals surface area contributed by atoms with Crippen LogP contribution in [-0.2, 0) is 6.54 Å². The maximum atomic E-state index is 13.8. The van der Waals surface area contributed by atoms with Crippen molar-refractivity contribution in [2.75, 3.05) is 38.6 Å². The second kappa shape index (κ2) is 7.04. The minimum Gasteiger partial charge on any atom is -0.370 e. The number of hydrogen-bond acceptors (Lipinski definition) is 3. The Morgan fingerprint density at radius 2 is 2.15 bits per heavy atom. The molecule has 2 rings (SSSR count). The van der Waals surface area contributed by atoms with Gasteiger partial charge in [-0.2, -0.15) is 0 Å². The van der Waals surface area contributed by atoms with Crippen molar-refractivity contribution in [3.8, 4) is 0 Å². The van der Waals surface area contributed by atoms with Crippen LogP contribution in [0.4, 0.5) is 10.1 Å². The topological polar surface area (TPSA) is 18.5 Å². The largest absolute Gasteiger partial charge is 0.370 e. The fraction of sp³-hybridized carbons (Fsp3) is 0.625. The monoisotopic (exact) mass is 279 g/mol. The van der Waals surface area contributed by atoms with Crippen LogP contribution in [0.3, 0.4) is 0 Å². The van der Waals surface area contributed by atoms with Crippen LogP contribution < -0.4 is 10.2 Å². The van der Waals surface area contributed by atoms with E-state index >= 15 is 0 Å². The van der Waals surface area contributed by atoms with Crippen molar-refractivity contribution in [1.82, 2.24) is 10.2 Å². The predicted octanol–water partition coefficient (Wildman–Crippen LogP) is 2.47. The van der Waals surface area contributed by atoms with Crippen LogP contribution in [0.2, 0.25) is 0 Å². The average Bonchev–Trinajstić information content (AvgIpc) is 2.44. The van der Waals surface area contributed by atoms with E-state index in [1.54, 1.807) is 12.1 Å². The Bertz CT molecular complexity index is 434. The van der Waals surface area contributed by atoms with Gasteiger partial charge in [-0.15, -0.1) is 0 Å². The Hall–Kier alpha value is -1.13. The summed E-state index contributed by atoms with van der Waals surface area (Å²) in [6.07, 6.45) is 2.39. The second-order valence-corrected chi connectivity index (χ2v) is 5.80. The molecule has 1 aromatic rings. The first-order valence-corrected chi connectivity index (χ1v) is 7.51. The van der Waals surface area contributed by atoms with Crippen molar-refractivity contribution < 1.29 is 4.39 Å². The van der Waals surface area contributed by atoms with Crippen LogP contribution in [0.25, 0.3) is 0 Å². The smallest absolute Gasteiger partial charge is 0.125 e. The summed E-state index contributed by atoms with van der Waals surface area (Å²) in [5.74, 6) is -0.137. The molecule has 4 heteroatoms. The van der Waals surface area contributed by atoms with Crippen LogP contribution in [0, 0.1) is 5.82 Å². The first kappa shape index (κ1) is 15.3. The molecule has 0 aromatic heterocycles. The van der Waals surface area contributed by atoms with E-state index in [1.807, 2.05) is 0 Å². The highest BCUT2D eigenvalue weighted by Crippen LogP contribution is 2.24. The Balaban J connectivity index is 2.12. The third-order valence-corrected chi connectivity index (χ3v) is 4.01. The average molecular weight is 279 g/mol. The summed E-state index contributed by atoms with van der Waals surface area (Å²) in [6, 6.07) is 5.96. The van der Waals surface area contributed by atoms with Crippen molar-refractivity contribution in [3.05, 3.63) is 29.6 Å². The lowest BCUT2D eigenvalue weighted by molar-refractivity contribution is 0.258. The summed E-state index contributed by atoms with van der Waals surface area (Å²) in [4.78, 5) is 4.58. The van der Waals surface area contributed by atoms with Crippen molar-refractivity contribution in [3.63, 3.8) is 0 Å². The van der Waals surface area contributed by atoms with E-state index in [9.17, 15) is 4.39 Å². The number of piperidine rings is 1. The lowest BCUT2D eigenvalue weighted by Gasteiger charge is -2.37. The van der Waals surface area contributed by atoms with Gasteiger partial charge in [0, 0.05) is 31.4 Å². The summed E-state index contributed by atoms with van der Waals surface area (Å²) < 4.78 is 13.8. The van der Waals surface area contributed by atoms with Gasteiger partial charge in [0.1, 0.15) is 5.82 Å². The van der Waals surface area contributed by atoms with Gasteiger partial charge in [-0.25, -0.2) is 4.39 Å². The van der Waals surface area contributed by atoms with Crippen molar-refractivity contribution >= 4 is 5.69 Å². The van der Waals surface area contributed by atoms with E-state index in [4.69, 9.17) is 0 Å². The normalized spacial score (nSPS) is 19.6. The van der Waals surface area contributed by atoms with Crippen molar-refractivity contribution in [2.45, 2.75) is 32.4 Å². The van der Waals surface area contributed by atoms with Crippen LogP contribution in [0.5, 0.6) is 0 Å². The molecule has 0 spiro atoms. The first-order valence-electron chi connectivity index (χ1n) is 7.51. The number of halogens is 1. The number of hydrogen-bond donors (Lipinski definition) is 1. The molecular formula is C16H26FN3. The standard InChI is InChI=1S/C16H26FN3/c1-4-18-11-13-8-14(17)10-16(9-13)20-7-5-6-15(12-20)19(2)3/h8-10,15,18H,4-7,11-12H2,1-3H3. The van der Waals surface area contributed by atoms with Gasteiger partial charge >= 0.3 is 0 Å². The molecule has 1 aliphatic heterocycles. The lowest BCUT2D eigenvalue weighted by atomic mass is 10.0. The van der Waals surface area contributed by atoms with Crippen LogP contribution in [0.1, 0.15) is 25.3 Å². The number of nitrogens with zero attached hydrogens (tertiary/aromatic N) is 2. The van der Waals surface area contributed by atoms with Crippen LogP contribution in [0.15, 0.2) is 18.2 Å². The van der Waals surface area contributed by atoms with Crippen molar-refractivity contribution in [2.24, 2.45) is 0 Å². The third-order valence-electron chi connectivity index (χ3n) is 4.01. The molecule has 1 saturated heterocycles. The maximum Gasteiger partial charge on any atom is 0.125 e. The molecule has 0 saturated carbocycles. The van der Waals surface area contributed by atoms with Gasteiger partial charge < -0.3 is 15.1 Å². The zero-order chi connectivity index (χ0) is 14.5. The van der Waals surface area contributed by atoms with Gasteiger partial charge in [-0.1, -0.05) is 6.92 Å². The van der Waals surface area contributed by atoms with Crippen LogP contribution >= 0.6 is 0 Å². The van der Waals surface area contributed by atoms with E-state index in [-0.39, 0.29) is 5.82 Å². The molecule has 1 aromatic carbocycles. The highest BCUT2D eigenvalue weighted by atomic mass is 19.1. The summed E-state index contributed by atoms with van der Waals surface area (Å²) in [5, 5.41) is 3.26. The van der Waals surface area contributed by atoms with Crippen molar-refractivity contribution in [1.29, 1.82) is 0 Å². The zero-order valence-corrected chi connectivity index (χ0v) is 12.8. The van der Waals surface area contributed by atoms with Gasteiger partial charge in [-0.05, 0) is 57.2 Å². The number of likely N-dealkylation sites (N-methyl/N-ethyl adjacent to an activating group) is 1. The fourth-order valence-electron chi connectivity index (χ4n) is 2.80. The number of benzene rings is 1. The molecule has 1 fully saturated rings. The minimum atomic E-state index is -0.137. The summed E-state index contributed by atoms with van der Waals surface area (Å²) in [5.41, 5.74) is 2.04. The maximum absolute atomic E-state index is 13.8. The Morgan fingerprint density at radius 1 is 1.35 bits per heavy atom. The van der Waals surface area contributed by atoms with Gasteiger partial charge in [0.2, 0.25) is 0 Å². The first-order chi connectivity index (χ1) is 9.60. The second-order valence-electron chi connectivity index (χ2n) is 5.80. The molecule has 1 heterocycles. The molecule has 1 aliphatic rings. The third kappa shape index (κ3) is 3.93. The molecule has 0 radical (unpaired) electrons. The molecule has 112 valence electrons. The molecular weight excluding hydrogens is 253 g/mol. The van der Waals surface area contributed by atoms with Gasteiger partial charge in [0.15, 0.2) is 0 Å². The van der Waals surface area contributed by atoms with E-state index in [0.29, 0.717) is 6.04 Å². The number of nitrogens with one attached hydrogen (secondary N) is 1. The van der Waals surface area contributed by atoms with Gasteiger partial charge in [0.25, 0.3) is 0 Å². The molecule has 0 aliphatic carbocycles. The van der Waals surface area contributed by atoms with Gasteiger partial charge in [-0.3, -0.25) is 0 Å². The van der Waals surface area contributed by atoms with E-state index in [0.717, 1.165) is 37.4 Å². The quantitative estimate of drug-likeness (QED) is 0.893. The number of rotatable bonds is 5. The highest BCUT2D eigenvalue weighted by molar-refractivity contribution is 5.49. The predicted molar refractivity (Wildman–Crippen MR) is 82.7 cm³/mol. The Morgan fingerprint density at radius 3 is 2.85 bits per heavy atom. The Labute approximate surface area is 121 Å². The fourth-order valence-corrected chi connectivity index (χ4v) is 2.80. The molecule has 20 heavy (non-hydrogen) atoms. The lowest BCUT2D eigenvalue weighted by Crippen LogP contribution is -2.45. The highest BCUT2D eigenvalue weighted by Gasteiger charge is 2.22. The van der Waals surface area contributed by atoms with Crippen LogP contribution in [-0.4, -0.2) is 44.7 Å². The molecule has 1 N–H and O–H groups in total. The summed E-state index contributed by atoms with van der Waals surface area (Å²) in [6.45, 7) is 5.70. The van der Waals surface area contributed by atoms with E-state index in [1.165, 1.54) is 12.8 Å². The van der Waals surface area contributed by atoms with Gasteiger partial charge in [0.05, 0.1) is 0 Å².